The summed E-state index contributed by atoms with van der Waals surface area (Å²) in [5.74, 6) is 0. The molecule has 0 aliphatic rings. The van der Waals surface area contributed by atoms with E-state index in [1.54, 1.807) is 0 Å². The average Bonchev–Trinajstić information content (AvgIpc) is 2.20. The van der Waals surface area contributed by atoms with Crippen molar-refractivity contribution in [3.8, 4) is 11.3 Å². The monoisotopic (exact) mass is 219 g/mol. The van der Waals surface area contributed by atoms with Crippen LogP contribution in [0.15, 0.2) is 29.1 Å². The van der Waals surface area contributed by atoms with Gasteiger partial charge in [0, 0.05) is 5.56 Å². The second kappa shape index (κ2) is 3.78. The van der Waals surface area contributed by atoms with Gasteiger partial charge in [0.15, 0.2) is 10.5 Å². The Bertz CT molecular complexity index is 583. The van der Waals surface area contributed by atoms with Gasteiger partial charge in [-0.25, -0.2) is 0 Å². The van der Waals surface area contributed by atoms with Gasteiger partial charge in [-0.2, -0.15) is 5.10 Å². The molecule has 76 valence electrons. The van der Waals surface area contributed by atoms with E-state index in [9.17, 15) is 4.79 Å². The SMILES string of the molecule is Cc1ccc(-c2n[nH]c(=S)[nH]c2=O)cc1. The Kier molecular flexibility index (Phi) is 2.47. The van der Waals surface area contributed by atoms with E-state index in [4.69, 9.17) is 12.2 Å². The van der Waals surface area contributed by atoms with Crippen LogP contribution < -0.4 is 5.56 Å². The van der Waals surface area contributed by atoms with E-state index in [-0.39, 0.29) is 10.3 Å². The Morgan fingerprint density at radius 3 is 2.53 bits per heavy atom. The van der Waals surface area contributed by atoms with Crippen molar-refractivity contribution >= 4 is 12.2 Å². The third kappa shape index (κ3) is 2.02. The molecule has 15 heavy (non-hydrogen) atoms. The molecule has 0 aliphatic heterocycles. The topological polar surface area (TPSA) is 61.5 Å². The Balaban J connectivity index is 2.59. The average molecular weight is 219 g/mol. The molecule has 1 aromatic carbocycles. The lowest BCUT2D eigenvalue weighted by Gasteiger charge is -1.99. The van der Waals surface area contributed by atoms with Crippen LogP contribution in [0.3, 0.4) is 0 Å². The van der Waals surface area contributed by atoms with Crippen molar-refractivity contribution in [1.82, 2.24) is 15.2 Å². The van der Waals surface area contributed by atoms with Gasteiger partial charge in [-0.3, -0.25) is 14.9 Å². The van der Waals surface area contributed by atoms with Crippen LogP contribution in [0, 0.1) is 11.7 Å². The summed E-state index contributed by atoms with van der Waals surface area (Å²) in [6, 6.07) is 7.56. The van der Waals surface area contributed by atoms with Gasteiger partial charge in [-0.15, -0.1) is 0 Å². The van der Waals surface area contributed by atoms with Gasteiger partial charge < -0.3 is 0 Å². The molecule has 0 amide bonds. The molecule has 1 heterocycles. The smallest absolute Gasteiger partial charge is 0.278 e. The molecule has 2 aromatic rings. The summed E-state index contributed by atoms with van der Waals surface area (Å²) in [5, 5.41) is 6.47. The lowest BCUT2D eigenvalue weighted by atomic mass is 10.1. The van der Waals surface area contributed by atoms with E-state index in [0.717, 1.165) is 11.1 Å². The van der Waals surface area contributed by atoms with E-state index in [0.29, 0.717) is 5.69 Å². The second-order valence-corrected chi connectivity index (χ2v) is 3.63. The quantitative estimate of drug-likeness (QED) is 0.719. The molecule has 0 unspecified atom stereocenters. The lowest BCUT2D eigenvalue weighted by Crippen LogP contribution is -2.12. The summed E-state index contributed by atoms with van der Waals surface area (Å²) in [7, 11) is 0. The van der Waals surface area contributed by atoms with Crippen LogP contribution in [0.25, 0.3) is 11.3 Å². The fraction of sp³-hybridized carbons (Fsp3) is 0.100. The number of hydrogen-bond donors (Lipinski definition) is 2. The lowest BCUT2D eigenvalue weighted by molar-refractivity contribution is 0.931. The fourth-order valence-electron chi connectivity index (χ4n) is 1.25. The van der Waals surface area contributed by atoms with Crippen LogP contribution in [0.4, 0.5) is 0 Å². The van der Waals surface area contributed by atoms with Crippen molar-refractivity contribution in [2.24, 2.45) is 0 Å². The van der Waals surface area contributed by atoms with Gasteiger partial charge in [0.1, 0.15) is 0 Å². The molecule has 0 aliphatic carbocycles. The first-order chi connectivity index (χ1) is 7.16. The molecule has 0 saturated heterocycles. The van der Waals surface area contributed by atoms with E-state index in [1.165, 1.54) is 0 Å². The molecule has 0 saturated carbocycles. The number of aromatic amines is 2. The normalized spacial score (nSPS) is 10.2. The predicted molar refractivity (Wildman–Crippen MR) is 60.2 cm³/mol. The molecular weight excluding hydrogens is 210 g/mol. The van der Waals surface area contributed by atoms with Crippen LogP contribution >= 0.6 is 12.2 Å². The first kappa shape index (κ1) is 9.79. The van der Waals surface area contributed by atoms with Crippen molar-refractivity contribution in [2.75, 3.05) is 0 Å². The molecule has 1 aromatic heterocycles. The van der Waals surface area contributed by atoms with Crippen molar-refractivity contribution in [3.05, 3.63) is 45.0 Å². The zero-order valence-corrected chi connectivity index (χ0v) is 8.89. The first-order valence-corrected chi connectivity index (χ1v) is 4.84. The molecule has 5 heteroatoms. The third-order valence-electron chi connectivity index (χ3n) is 2.04. The highest BCUT2D eigenvalue weighted by Gasteiger charge is 2.03. The van der Waals surface area contributed by atoms with Crippen molar-refractivity contribution in [1.29, 1.82) is 0 Å². The predicted octanol–water partition coefficient (Wildman–Crippen LogP) is 1.80. The Labute approximate surface area is 91.0 Å². The standard InChI is InChI=1S/C10H9N3OS/c1-6-2-4-7(5-3-6)8-9(14)11-10(15)13-12-8/h2-5H,1H3,(H2,11,13,14,15). The second-order valence-electron chi connectivity index (χ2n) is 3.22. The number of aromatic nitrogens is 3. The minimum atomic E-state index is -0.275. The van der Waals surface area contributed by atoms with E-state index in [2.05, 4.69) is 15.2 Å². The van der Waals surface area contributed by atoms with Gasteiger partial charge in [0.05, 0.1) is 0 Å². The number of hydrogen-bond acceptors (Lipinski definition) is 3. The highest BCUT2D eigenvalue weighted by molar-refractivity contribution is 7.71. The zero-order chi connectivity index (χ0) is 10.8. The van der Waals surface area contributed by atoms with Crippen LogP contribution in [-0.4, -0.2) is 15.2 Å². The fourth-order valence-corrected chi connectivity index (χ4v) is 1.39. The van der Waals surface area contributed by atoms with Crippen LogP contribution in [0.5, 0.6) is 0 Å². The molecule has 4 nitrogen and oxygen atoms in total. The molecule has 2 N–H and O–H groups in total. The van der Waals surface area contributed by atoms with E-state index in [1.807, 2.05) is 31.2 Å². The van der Waals surface area contributed by atoms with Crippen LogP contribution in [0.2, 0.25) is 0 Å². The molecule has 0 spiro atoms. The van der Waals surface area contributed by atoms with Crippen LogP contribution in [-0.2, 0) is 0 Å². The van der Waals surface area contributed by atoms with Gasteiger partial charge in [0.2, 0.25) is 0 Å². The molecular formula is C10H9N3OS. The van der Waals surface area contributed by atoms with Crippen LogP contribution in [0.1, 0.15) is 5.56 Å². The van der Waals surface area contributed by atoms with Gasteiger partial charge in [0.25, 0.3) is 5.56 Å². The van der Waals surface area contributed by atoms with Gasteiger partial charge in [-0.1, -0.05) is 29.8 Å². The summed E-state index contributed by atoms with van der Waals surface area (Å²) >= 11 is 4.76. The zero-order valence-electron chi connectivity index (χ0n) is 8.07. The summed E-state index contributed by atoms with van der Waals surface area (Å²) in [4.78, 5) is 14.0. The summed E-state index contributed by atoms with van der Waals surface area (Å²) in [5.41, 5.74) is 1.98. The van der Waals surface area contributed by atoms with E-state index >= 15 is 0 Å². The molecule has 0 fully saturated rings. The highest BCUT2D eigenvalue weighted by atomic mass is 32.1. The largest absolute Gasteiger partial charge is 0.296 e. The number of nitrogens with one attached hydrogen (secondary N) is 2. The maximum absolute atomic E-state index is 11.5. The van der Waals surface area contributed by atoms with E-state index < -0.39 is 0 Å². The first-order valence-electron chi connectivity index (χ1n) is 4.43. The number of benzene rings is 1. The Hall–Kier alpha value is -1.75. The summed E-state index contributed by atoms with van der Waals surface area (Å²) in [6.45, 7) is 1.99. The number of aryl methyl sites for hydroxylation is 1. The Morgan fingerprint density at radius 2 is 1.93 bits per heavy atom. The molecule has 2 rings (SSSR count). The number of H-pyrrole nitrogens is 2. The summed E-state index contributed by atoms with van der Waals surface area (Å²) < 4.78 is 0.232. The minimum absolute atomic E-state index is 0.232. The number of nitrogens with zero attached hydrogens (tertiary/aromatic N) is 1. The number of rotatable bonds is 1. The molecule has 0 atom stereocenters. The van der Waals surface area contributed by atoms with Crippen molar-refractivity contribution < 1.29 is 0 Å². The minimum Gasteiger partial charge on any atom is -0.296 e. The summed E-state index contributed by atoms with van der Waals surface area (Å²) in [6.07, 6.45) is 0. The third-order valence-corrected chi connectivity index (χ3v) is 2.23. The van der Waals surface area contributed by atoms with Gasteiger partial charge in [-0.05, 0) is 19.1 Å². The van der Waals surface area contributed by atoms with Crippen molar-refractivity contribution in [2.45, 2.75) is 6.92 Å². The van der Waals surface area contributed by atoms with Gasteiger partial charge >= 0.3 is 0 Å². The maximum Gasteiger partial charge on any atom is 0.278 e. The maximum atomic E-state index is 11.5. The van der Waals surface area contributed by atoms with Crippen molar-refractivity contribution in [3.63, 3.8) is 0 Å². The molecule has 0 radical (unpaired) electrons. The Morgan fingerprint density at radius 1 is 1.27 bits per heavy atom. The molecule has 0 bridgehead atoms. The highest BCUT2D eigenvalue weighted by Crippen LogP contribution is 2.12.